The number of ether oxygens (including phenoxy) is 7. The van der Waals surface area contributed by atoms with Crippen LogP contribution >= 0.6 is 34.8 Å². The molecule has 20 nitrogen and oxygen atoms in total. The monoisotopic (exact) mass is 1410 g/mol. The van der Waals surface area contributed by atoms with Crippen LogP contribution in [0.3, 0.4) is 0 Å². The molecule has 0 N–H and O–H groups in total. The Hall–Kier alpha value is -9.43. The molecule has 0 atom stereocenters. The molecule has 0 radical (unpaired) electrons. The number of ketones is 3. The topological polar surface area (TPSA) is 267 Å². The summed E-state index contributed by atoms with van der Waals surface area (Å²) in [7, 11) is 5.42. The van der Waals surface area contributed by atoms with E-state index in [0.29, 0.717) is 82.0 Å². The van der Waals surface area contributed by atoms with Crippen molar-refractivity contribution < 1.29 is 114 Å². The molecule has 28 heteroatoms. The minimum absolute atomic E-state index is 0. The Balaban J connectivity index is 0.000000171. The molecule has 3 saturated carbocycles. The van der Waals surface area contributed by atoms with Crippen molar-refractivity contribution in [1.82, 2.24) is 29.9 Å². The Labute approximate surface area is 594 Å². The Bertz CT molecular complexity index is 4670. The van der Waals surface area contributed by atoms with Crippen molar-refractivity contribution in [2.24, 2.45) is 0 Å². The second kappa shape index (κ2) is 30.1. The van der Waals surface area contributed by atoms with Crippen LogP contribution in [0.1, 0.15) is 90.4 Å². The van der Waals surface area contributed by atoms with Gasteiger partial charge in [-0.05, 0) is 125 Å². The summed E-state index contributed by atoms with van der Waals surface area (Å²) in [5.74, 6) is -5.03. The van der Waals surface area contributed by atoms with Crippen LogP contribution in [0.25, 0.3) is 67.9 Å². The molecule has 3 aliphatic carbocycles. The van der Waals surface area contributed by atoms with Crippen molar-refractivity contribution >= 4 is 70.1 Å². The van der Waals surface area contributed by atoms with E-state index in [2.05, 4.69) is 29.9 Å². The van der Waals surface area contributed by atoms with Crippen LogP contribution in [-0.2, 0) is 23.9 Å². The molecule has 6 aromatic carbocycles. The second-order valence-electron chi connectivity index (χ2n) is 22.3. The summed E-state index contributed by atoms with van der Waals surface area (Å²) in [5.41, 5.74) is -0.437. The standard InChI is InChI=1S/C24H20ClFN2O5.C23H17ClF2N2O4.C23H18ClFN2O5.Na/c1-13(29)15-5-4-6-16(21(15)31-2)19-12-20(33-24(9-10-24)23(30)32-3)28-22(27-19)14-7-8-17(25)18(26)11-14;1-12(29)14-4-3-5-15(20(14)26)18-11-19(32-23(8-9-23)22(30)31-2)28-21(27-18)13-6-7-16(24)17(25)10-13;1-12(28)14-4-3-5-15(20(14)31-2)18-11-19(32-23(8-9-23)22(29)30)27-21(26-18)13-6-7-16(24)17(25)10-13;/h4-8,11-12H,9-10H2,1-3H3;3-7,10-11H,8-9H2,1-2H3;3-7,10-11H,8-9H2,1-2H3,(H,29,30);/q;;;+1/p-1. The van der Waals surface area contributed by atoms with Gasteiger partial charge in [0.25, 0.3) is 0 Å². The van der Waals surface area contributed by atoms with Gasteiger partial charge in [-0.2, -0.15) is 15.0 Å². The zero-order valence-electron chi connectivity index (χ0n) is 53.4. The summed E-state index contributed by atoms with van der Waals surface area (Å²) >= 11 is 17.4. The molecule has 98 heavy (non-hydrogen) atoms. The second-order valence-corrected chi connectivity index (χ2v) is 23.5. The fourth-order valence-electron chi connectivity index (χ4n) is 9.97. The van der Waals surface area contributed by atoms with Crippen LogP contribution in [0.2, 0.25) is 15.1 Å². The van der Waals surface area contributed by atoms with Gasteiger partial charge in [0.15, 0.2) is 40.4 Å². The molecule has 0 saturated heterocycles. The number of Topliss-reactive ketones (excluding diaryl/α,β-unsaturated/α-hetero) is 3. The van der Waals surface area contributed by atoms with Gasteiger partial charge in [-0.1, -0.05) is 53.0 Å². The number of hydrogen-bond donors (Lipinski definition) is 0. The SMILES string of the molecule is COC(=O)C1(Oc2cc(-c3cccc(C(C)=O)c3F)nc(-c3ccc(Cl)c(F)c3)n2)CC1.COC(=O)C1(Oc2cc(-c3cccc(C(C)=O)c3OC)nc(-c3ccc(Cl)c(F)c3)n2)CC1.COc1c(C(C)=O)cccc1-c1cc(OC2(C(=O)[O-])CC2)nc(-c2ccc(Cl)c(F)c2)n1.[Na+]. The van der Waals surface area contributed by atoms with Crippen LogP contribution < -0.4 is 58.3 Å². The molecule has 0 aliphatic heterocycles. The van der Waals surface area contributed by atoms with E-state index in [1.807, 2.05) is 0 Å². The van der Waals surface area contributed by atoms with Gasteiger partial charge in [-0.25, -0.2) is 42.1 Å². The molecular formula is C70H54Cl3F4N6NaO14. The zero-order chi connectivity index (χ0) is 69.8. The summed E-state index contributed by atoms with van der Waals surface area (Å²) < 4.78 is 95.4. The van der Waals surface area contributed by atoms with Crippen molar-refractivity contribution in [1.29, 1.82) is 0 Å². The molecule has 9 aromatic rings. The van der Waals surface area contributed by atoms with Crippen LogP contribution in [0, 0.1) is 23.3 Å². The number of aromatic nitrogens is 6. The van der Waals surface area contributed by atoms with Gasteiger partial charge in [0, 0.05) is 77.3 Å². The van der Waals surface area contributed by atoms with Crippen LogP contribution in [-0.4, -0.2) is 110 Å². The number of halogens is 7. The van der Waals surface area contributed by atoms with E-state index in [4.69, 9.17) is 68.0 Å². The third-order valence-corrected chi connectivity index (χ3v) is 16.5. The fourth-order valence-corrected chi connectivity index (χ4v) is 10.3. The van der Waals surface area contributed by atoms with Crippen LogP contribution in [0.15, 0.2) is 127 Å². The van der Waals surface area contributed by atoms with Gasteiger partial charge in [0.1, 0.15) is 34.8 Å². The molecule has 3 aliphatic rings. The van der Waals surface area contributed by atoms with Gasteiger partial charge in [0.05, 0.1) is 83.2 Å². The summed E-state index contributed by atoms with van der Waals surface area (Å²) in [6.45, 7) is 4.10. The number of rotatable bonds is 20. The number of carboxylic acid groups (broad SMARTS) is 1. The van der Waals surface area contributed by atoms with Gasteiger partial charge >= 0.3 is 41.5 Å². The number of benzene rings is 6. The van der Waals surface area contributed by atoms with E-state index in [9.17, 15) is 47.0 Å². The maximum Gasteiger partial charge on any atom is 1.00 e. The average Bonchev–Trinajstić information content (AvgIpc) is 1.73. The Kier molecular flexibility index (Phi) is 22.4. The number of para-hydroxylation sites is 2. The third kappa shape index (κ3) is 15.9. The van der Waals surface area contributed by atoms with Gasteiger partial charge < -0.3 is 43.1 Å². The largest absolute Gasteiger partial charge is 1.00 e. The van der Waals surface area contributed by atoms with E-state index in [-0.39, 0.29) is 127 Å². The van der Waals surface area contributed by atoms with Crippen LogP contribution in [0.4, 0.5) is 17.6 Å². The van der Waals surface area contributed by atoms with E-state index in [0.717, 1.165) is 6.07 Å². The summed E-state index contributed by atoms with van der Waals surface area (Å²) in [6.07, 6.45) is 2.38. The van der Waals surface area contributed by atoms with Gasteiger partial charge in [0.2, 0.25) is 28.8 Å². The molecule has 3 aromatic heterocycles. The quantitative estimate of drug-likeness (QED) is 0.0297. The Morgan fingerprint density at radius 2 is 0.724 bits per heavy atom. The number of carbonyl (C=O) groups excluding carboxylic acids is 6. The van der Waals surface area contributed by atoms with E-state index in [1.54, 1.807) is 48.5 Å². The van der Waals surface area contributed by atoms with Crippen molar-refractivity contribution in [3.05, 3.63) is 182 Å². The average molecular weight is 1410 g/mol. The third-order valence-electron chi connectivity index (χ3n) is 15.5. The van der Waals surface area contributed by atoms with E-state index >= 15 is 4.39 Å². The van der Waals surface area contributed by atoms with Gasteiger partial charge in [-0.15, -0.1) is 0 Å². The first-order chi connectivity index (χ1) is 46.2. The van der Waals surface area contributed by atoms with E-state index < -0.39 is 63.8 Å². The first-order valence-electron chi connectivity index (χ1n) is 29.4. The molecule has 0 amide bonds. The van der Waals surface area contributed by atoms with Crippen molar-refractivity contribution in [2.45, 2.75) is 76.1 Å². The number of nitrogens with zero attached hydrogens (tertiary/aromatic N) is 6. The minimum atomic E-state index is -1.46. The minimum Gasteiger partial charge on any atom is -0.546 e. The summed E-state index contributed by atoms with van der Waals surface area (Å²) in [4.78, 5) is 98.1. The first-order valence-corrected chi connectivity index (χ1v) is 30.5. The fraction of sp³-hybridized carbons (Fsp3) is 0.229. The number of hydrogen-bond acceptors (Lipinski definition) is 20. The van der Waals surface area contributed by atoms with E-state index in [1.165, 1.54) is 122 Å². The smallest absolute Gasteiger partial charge is 0.546 e. The maximum atomic E-state index is 15.1. The molecule has 12 rings (SSSR count). The summed E-state index contributed by atoms with van der Waals surface area (Å²) in [6, 6.07) is 31.0. The number of carbonyl (C=O) groups is 6. The molecule has 3 fully saturated rings. The molecule has 3 heterocycles. The predicted octanol–water partition coefficient (Wildman–Crippen LogP) is 10.4. The molecule has 0 spiro atoms. The molecular weight excluding hydrogens is 1350 g/mol. The normalized spacial score (nSPS) is 13.8. The molecule has 0 bridgehead atoms. The van der Waals surface area contributed by atoms with Crippen molar-refractivity contribution in [2.75, 3.05) is 28.4 Å². The van der Waals surface area contributed by atoms with Gasteiger partial charge in [-0.3, -0.25) is 14.4 Å². The predicted molar refractivity (Wildman–Crippen MR) is 344 cm³/mol. The Morgan fingerprint density at radius 3 is 1.01 bits per heavy atom. The number of aliphatic carboxylic acids is 1. The zero-order valence-corrected chi connectivity index (χ0v) is 57.7. The number of esters is 2. The first kappa shape index (κ1) is 72.8. The number of methoxy groups -OCH3 is 4. The van der Waals surface area contributed by atoms with Crippen molar-refractivity contribution in [3.8, 4) is 97.1 Å². The molecule has 0 unspecified atom stereocenters. The Morgan fingerprint density at radius 1 is 0.418 bits per heavy atom. The molecule has 498 valence electrons. The maximum absolute atomic E-state index is 15.1. The number of carboxylic acids is 1. The van der Waals surface area contributed by atoms with Crippen LogP contribution in [0.5, 0.6) is 29.1 Å². The van der Waals surface area contributed by atoms with Crippen molar-refractivity contribution in [3.63, 3.8) is 0 Å². The summed E-state index contributed by atoms with van der Waals surface area (Å²) in [5, 5.41) is 11.3.